The number of amides is 1. The zero-order chi connectivity index (χ0) is 17.2. The van der Waals surface area contributed by atoms with Crippen molar-refractivity contribution in [3.63, 3.8) is 0 Å². The fourth-order valence-corrected chi connectivity index (χ4v) is 2.16. The molecule has 24 heavy (non-hydrogen) atoms. The van der Waals surface area contributed by atoms with Gasteiger partial charge in [0.1, 0.15) is 5.78 Å². The minimum absolute atomic E-state index is 0.104. The first-order chi connectivity index (χ1) is 11.7. The summed E-state index contributed by atoms with van der Waals surface area (Å²) in [5.41, 5.74) is 2.66. The number of Topliss-reactive ketones (excluding diaryl/α,β-unsaturated/α-hetero) is 1. The Bertz CT molecular complexity index is 671. The molecular weight excluding hydrogens is 302 g/mol. The number of anilines is 3. The Balaban J connectivity index is 1.80. The minimum Gasteiger partial charge on any atom is -0.368 e. The van der Waals surface area contributed by atoms with Gasteiger partial charge in [-0.3, -0.25) is 9.59 Å². The molecule has 0 atom stereocenters. The van der Waals surface area contributed by atoms with E-state index in [4.69, 9.17) is 0 Å². The smallest absolute Gasteiger partial charge is 0.224 e. The molecule has 2 aromatic rings. The summed E-state index contributed by atoms with van der Waals surface area (Å²) in [4.78, 5) is 23.1. The van der Waals surface area contributed by atoms with Crippen molar-refractivity contribution in [3.05, 3.63) is 54.6 Å². The molecule has 3 N–H and O–H groups in total. The van der Waals surface area contributed by atoms with Crippen molar-refractivity contribution < 1.29 is 9.59 Å². The molecule has 5 heteroatoms. The van der Waals surface area contributed by atoms with E-state index in [1.807, 2.05) is 54.6 Å². The van der Waals surface area contributed by atoms with Crippen LogP contribution in [0.4, 0.5) is 17.1 Å². The molecule has 0 saturated heterocycles. The topological polar surface area (TPSA) is 70.2 Å². The molecule has 126 valence electrons. The Labute approximate surface area is 142 Å². The van der Waals surface area contributed by atoms with Gasteiger partial charge in [-0.2, -0.15) is 0 Å². The van der Waals surface area contributed by atoms with Crippen molar-refractivity contribution in [3.8, 4) is 0 Å². The van der Waals surface area contributed by atoms with Gasteiger partial charge in [-0.05, 0) is 30.3 Å². The highest BCUT2D eigenvalue weighted by atomic mass is 16.2. The second-order valence-electron chi connectivity index (χ2n) is 5.42. The van der Waals surface area contributed by atoms with E-state index in [1.54, 1.807) is 6.92 Å². The highest BCUT2D eigenvalue weighted by Gasteiger charge is 2.06. The lowest BCUT2D eigenvalue weighted by molar-refractivity contribution is -0.122. The van der Waals surface area contributed by atoms with E-state index in [1.165, 1.54) is 0 Å². The Morgan fingerprint density at radius 3 is 2.25 bits per heavy atom. The molecule has 5 nitrogen and oxygen atoms in total. The van der Waals surface area contributed by atoms with E-state index in [-0.39, 0.29) is 18.1 Å². The van der Waals surface area contributed by atoms with Gasteiger partial charge in [0.05, 0.1) is 6.67 Å². The van der Waals surface area contributed by atoms with Gasteiger partial charge in [0.15, 0.2) is 0 Å². The number of carbonyl (C=O) groups excluding carboxylic acids is 2. The Kier molecular flexibility index (Phi) is 6.83. The van der Waals surface area contributed by atoms with Crippen LogP contribution < -0.4 is 16.0 Å². The summed E-state index contributed by atoms with van der Waals surface area (Å²) in [6.07, 6.45) is 0.988. The van der Waals surface area contributed by atoms with Crippen molar-refractivity contribution in [1.82, 2.24) is 0 Å². The molecule has 0 aliphatic heterocycles. The van der Waals surface area contributed by atoms with Gasteiger partial charge in [-0.15, -0.1) is 0 Å². The number of rotatable bonds is 9. The second-order valence-corrected chi connectivity index (χ2v) is 5.42. The number of benzene rings is 2. The monoisotopic (exact) mass is 325 g/mol. The molecule has 0 heterocycles. The molecule has 0 spiro atoms. The van der Waals surface area contributed by atoms with E-state index < -0.39 is 0 Å². The van der Waals surface area contributed by atoms with Gasteiger partial charge in [0.25, 0.3) is 0 Å². The Hall–Kier alpha value is -2.82. The molecule has 2 rings (SSSR count). The third-order valence-corrected chi connectivity index (χ3v) is 3.53. The first-order valence-corrected chi connectivity index (χ1v) is 8.12. The molecule has 2 aromatic carbocycles. The van der Waals surface area contributed by atoms with Crippen LogP contribution in [-0.2, 0) is 9.59 Å². The molecule has 0 unspecified atom stereocenters. The zero-order valence-electron chi connectivity index (χ0n) is 13.8. The van der Waals surface area contributed by atoms with Gasteiger partial charge >= 0.3 is 0 Å². The van der Waals surface area contributed by atoms with Crippen molar-refractivity contribution in [2.24, 2.45) is 0 Å². The number of hydrogen-bond donors (Lipinski definition) is 3. The Morgan fingerprint density at radius 2 is 1.50 bits per heavy atom. The lowest BCUT2D eigenvalue weighted by atomic mass is 10.2. The van der Waals surface area contributed by atoms with Gasteiger partial charge in [0, 0.05) is 36.3 Å². The maximum Gasteiger partial charge on any atom is 0.224 e. The third-order valence-electron chi connectivity index (χ3n) is 3.53. The largest absolute Gasteiger partial charge is 0.368 e. The normalized spacial score (nSPS) is 10.0. The molecular formula is C19H23N3O2. The van der Waals surface area contributed by atoms with Crippen molar-refractivity contribution >= 4 is 28.8 Å². The van der Waals surface area contributed by atoms with Crippen molar-refractivity contribution in [1.29, 1.82) is 0 Å². The highest BCUT2D eigenvalue weighted by Crippen LogP contribution is 2.15. The van der Waals surface area contributed by atoms with Gasteiger partial charge < -0.3 is 16.0 Å². The highest BCUT2D eigenvalue weighted by molar-refractivity contribution is 5.93. The Morgan fingerprint density at radius 1 is 0.833 bits per heavy atom. The molecule has 1 amide bonds. The molecule has 0 aliphatic rings. The van der Waals surface area contributed by atoms with Crippen LogP contribution in [0.25, 0.3) is 0 Å². The maximum absolute atomic E-state index is 11.8. The first kappa shape index (κ1) is 17.5. The predicted octanol–water partition coefficient (Wildman–Crippen LogP) is 3.87. The lowest BCUT2D eigenvalue weighted by Gasteiger charge is -2.11. The number of carbonyl (C=O) groups is 2. The molecule has 0 aliphatic carbocycles. The standard InChI is InChI=1S/C19H23N3O2/c1-2-18(23)11-12-19(24)22-17-10-6-9-16(13-17)21-14-20-15-7-4-3-5-8-15/h3-10,13,20-21H,2,11-12,14H2,1H3,(H,22,24). The number of ketones is 1. The summed E-state index contributed by atoms with van der Waals surface area (Å²) in [6, 6.07) is 17.4. The summed E-state index contributed by atoms with van der Waals surface area (Å²) in [6.45, 7) is 2.38. The van der Waals surface area contributed by atoms with E-state index in [9.17, 15) is 9.59 Å². The lowest BCUT2D eigenvalue weighted by Crippen LogP contribution is -2.14. The van der Waals surface area contributed by atoms with Gasteiger partial charge in [0.2, 0.25) is 5.91 Å². The van der Waals surface area contributed by atoms with Crippen LogP contribution in [-0.4, -0.2) is 18.4 Å². The van der Waals surface area contributed by atoms with E-state index in [0.717, 1.165) is 11.4 Å². The molecule has 0 saturated carbocycles. The fourth-order valence-electron chi connectivity index (χ4n) is 2.16. The maximum atomic E-state index is 11.8. The molecule has 0 aromatic heterocycles. The van der Waals surface area contributed by atoms with Crippen LogP contribution in [0.1, 0.15) is 26.2 Å². The molecule has 0 fully saturated rings. The van der Waals surface area contributed by atoms with E-state index >= 15 is 0 Å². The van der Waals surface area contributed by atoms with Crippen LogP contribution in [0.15, 0.2) is 54.6 Å². The van der Waals surface area contributed by atoms with Crippen molar-refractivity contribution in [2.75, 3.05) is 22.6 Å². The van der Waals surface area contributed by atoms with Crippen LogP contribution in [0.5, 0.6) is 0 Å². The fraction of sp³-hybridized carbons (Fsp3) is 0.263. The second kappa shape index (κ2) is 9.35. The third kappa shape index (κ3) is 6.12. The summed E-state index contributed by atoms with van der Waals surface area (Å²) in [5.74, 6) is -0.0380. The summed E-state index contributed by atoms with van der Waals surface area (Å²) in [7, 11) is 0. The van der Waals surface area contributed by atoms with Crippen LogP contribution >= 0.6 is 0 Å². The average Bonchev–Trinajstić information content (AvgIpc) is 2.61. The predicted molar refractivity (Wildman–Crippen MR) is 98.2 cm³/mol. The number of hydrogen-bond acceptors (Lipinski definition) is 4. The minimum atomic E-state index is -0.142. The van der Waals surface area contributed by atoms with Crippen molar-refractivity contribution in [2.45, 2.75) is 26.2 Å². The molecule has 0 radical (unpaired) electrons. The number of para-hydroxylation sites is 1. The SMILES string of the molecule is CCC(=O)CCC(=O)Nc1cccc(NCNc2ccccc2)c1. The summed E-state index contributed by atoms with van der Waals surface area (Å²) >= 11 is 0. The van der Waals surface area contributed by atoms with Gasteiger partial charge in [-0.25, -0.2) is 0 Å². The average molecular weight is 325 g/mol. The van der Waals surface area contributed by atoms with Crippen LogP contribution in [0, 0.1) is 0 Å². The number of nitrogens with one attached hydrogen (secondary N) is 3. The van der Waals surface area contributed by atoms with Crippen LogP contribution in [0.3, 0.4) is 0 Å². The van der Waals surface area contributed by atoms with Crippen LogP contribution in [0.2, 0.25) is 0 Å². The zero-order valence-corrected chi connectivity index (χ0v) is 13.8. The molecule has 0 bridgehead atoms. The summed E-state index contributed by atoms with van der Waals surface area (Å²) in [5, 5.41) is 9.32. The van der Waals surface area contributed by atoms with E-state index in [0.29, 0.717) is 25.2 Å². The first-order valence-electron chi connectivity index (χ1n) is 8.12. The summed E-state index contributed by atoms with van der Waals surface area (Å²) < 4.78 is 0. The van der Waals surface area contributed by atoms with E-state index in [2.05, 4.69) is 16.0 Å². The quantitative estimate of drug-likeness (QED) is 0.612. The van der Waals surface area contributed by atoms with Gasteiger partial charge in [-0.1, -0.05) is 31.2 Å².